The first-order valence-electron chi connectivity index (χ1n) is 6.23. The first-order chi connectivity index (χ1) is 10.5. The Morgan fingerprint density at radius 3 is 2.27 bits per heavy atom. The highest BCUT2D eigenvalue weighted by Gasteiger charge is 2.29. The van der Waals surface area contributed by atoms with Gasteiger partial charge in [-0.3, -0.25) is 4.98 Å². The molecule has 0 fully saturated rings. The molecule has 1 aromatic heterocycles. The lowest BCUT2D eigenvalue weighted by atomic mass is 10.1. The van der Waals surface area contributed by atoms with Crippen molar-refractivity contribution in [1.29, 1.82) is 0 Å². The van der Waals surface area contributed by atoms with E-state index in [1.165, 1.54) is 25.5 Å². The van der Waals surface area contributed by atoms with E-state index in [1.54, 1.807) is 24.5 Å². The van der Waals surface area contributed by atoms with Crippen molar-refractivity contribution < 1.29 is 17.9 Å². The third-order valence-electron chi connectivity index (χ3n) is 2.71. The van der Waals surface area contributed by atoms with Crippen LogP contribution in [-0.4, -0.2) is 24.2 Å². The third-order valence-corrected chi connectivity index (χ3v) is 2.71. The van der Waals surface area contributed by atoms with E-state index < -0.39 is 11.7 Å². The number of rotatable bonds is 3. The van der Waals surface area contributed by atoms with Crippen molar-refractivity contribution in [2.45, 2.75) is 6.18 Å². The van der Waals surface area contributed by atoms with Crippen LogP contribution in [0.5, 0.6) is 0 Å². The zero-order chi connectivity index (χ0) is 16.0. The summed E-state index contributed by atoms with van der Waals surface area (Å²) in [5.41, 5.74) is 0.492. The smallest absolute Gasteiger partial charge is 0.416 e. The summed E-state index contributed by atoms with van der Waals surface area (Å²) in [7, 11) is 1.45. The summed E-state index contributed by atoms with van der Waals surface area (Å²) in [6.45, 7) is 0. The van der Waals surface area contributed by atoms with E-state index in [9.17, 15) is 13.2 Å². The van der Waals surface area contributed by atoms with E-state index in [0.29, 0.717) is 11.1 Å². The van der Waals surface area contributed by atoms with E-state index >= 15 is 0 Å². The molecule has 0 saturated carbocycles. The first-order valence-corrected chi connectivity index (χ1v) is 6.23. The van der Waals surface area contributed by atoms with Crippen LogP contribution in [-0.2, 0) is 10.9 Å². The fourth-order valence-corrected chi connectivity index (χ4v) is 1.62. The molecule has 0 amide bonds. The molecule has 0 atom stereocenters. The molecule has 0 unspecified atom stereocenters. The second-order valence-corrected chi connectivity index (χ2v) is 4.21. The largest absolute Gasteiger partial charge is 0.479 e. The Morgan fingerprint density at radius 2 is 1.73 bits per heavy atom. The standard InChI is InChI=1S/C15H12F3N3O/c1-22-14(12-6-8-19-9-7-12)21-20-10-11-2-4-13(5-3-11)15(16,17)18/h2-10H,1H3/b20-10+,21-14+. The number of methoxy groups -OCH3 is 1. The third kappa shape index (κ3) is 4.15. The minimum Gasteiger partial charge on any atom is -0.479 e. The molecule has 0 radical (unpaired) electrons. The number of halogens is 3. The molecular formula is C15H12F3N3O. The van der Waals surface area contributed by atoms with Crippen LogP contribution in [0.25, 0.3) is 0 Å². The normalized spacial score (nSPS) is 12.6. The van der Waals surface area contributed by atoms with E-state index in [-0.39, 0.29) is 5.90 Å². The molecule has 2 rings (SSSR count). The average Bonchev–Trinajstić information content (AvgIpc) is 2.52. The van der Waals surface area contributed by atoms with Gasteiger partial charge >= 0.3 is 6.18 Å². The molecular weight excluding hydrogens is 295 g/mol. The monoisotopic (exact) mass is 307 g/mol. The zero-order valence-electron chi connectivity index (χ0n) is 11.6. The Hall–Kier alpha value is -2.70. The highest BCUT2D eigenvalue weighted by atomic mass is 19.4. The Morgan fingerprint density at radius 1 is 1.09 bits per heavy atom. The summed E-state index contributed by atoms with van der Waals surface area (Å²) in [6, 6.07) is 8.03. The van der Waals surface area contributed by atoms with E-state index in [0.717, 1.165) is 12.1 Å². The maximum atomic E-state index is 12.4. The molecule has 0 spiro atoms. The van der Waals surface area contributed by atoms with E-state index in [4.69, 9.17) is 4.74 Å². The number of ether oxygens (including phenoxy) is 1. The number of hydrogen-bond acceptors (Lipinski definition) is 4. The molecule has 0 aliphatic heterocycles. The summed E-state index contributed by atoms with van der Waals surface area (Å²) >= 11 is 0. The SMILES string of the molecule is CO/C(=N/N=C/c1ccc(C(F)(F)F)cc1)c1ccncc1. The van der Waals surface area contributed by atoms with Crippen LogP contribution in [0.4, 0.5) is 13.2 Å². The van der Waals surface area contributed by atoms with Crippen molar-refractivity contribution in [3.63, 3.8) is 0 Å². The van der Waals surface area contributed by atoms with Crippen LogP contribution in [0, 0.1) is 0 Å². The van der Waals surface area contributed by atoms with Gasteiger partial charge in [0.15, 0.2) is 0 Å². The van der Waals surface area contributed by atoms with Crippen molar-refractivity contribution in [3.8, 4) is 0 Å². The predicted molar refractivity (Wildman–Crippen MR) is 76.8 cm³/mol. The first kappa shape index (κ1) is 15.7. The van der Waals surface area contributed by atoms with Gasteiger partial charge in [0.1, 0.15) is 0 Å². The van der Waals surface area contributed by atoms with Crippen molar-refractivity contribution in [1.82, 2.24) is 4.98 Å². The summed E-state index contributed by atoms with van der Waals surface area (Å²) < 4.78 is 42.4. The summed E-state index contributed by atoms with van der Waals surface area (Å²) in [5, 5.41) is 7.71. The molecule has 4 nitrogen and oxygen atoms in total. The summed E-state index contributed by atoms with van der Waals surface area (Å²) in [4.78, 5) is 3.88. The van der Waals surface area contributed by atoms with Crippen molar-refractivity contribution in [2.24, 2.45) is 10.2 Å². The van der Waals surface area contributed by atoms with Crippen molar-refractivity contribution in [2.75, 3.05) is 7.11 Å². The fourth-order valence-electron chi connectivity index (χ4n) is 1.62. The van der Waals surface area contributed by atoms with Gasteiger partial charge in [0.25, 0.3) is 0 Å². The zero-order valence-corrected chi connectivity index (χ0v) is 11.6. The van der Waals surface area contributed by atoms with Gasteiger partial charge in [-0.2, -0.15) is 18.3 Å². The summed E-state index contributed by atoms with van der Waals surface area (Å²) in [5.74, 6) is 0.283. The predicted octanol–water partition coefficient (Wildman–Crippen LogP) is 3.53. The van der Waals surface area contributed by atoms with E-state index in [2.05, 4.69) is 15.2 Å². The lowest BCUT2D eigenvalue weighted by molar-refractivity contribution is -0.137. The topological polar surface area (TPSA) is 46.8 Å². The van der Waals surface area contributed by atoms with Crippen LogP contribution in [0.1, 0.15) is 16.7 Å². The Kier molecular flexibility index (Phi) is 4.88. The maximum absolute atomic E-state index is 12.4. The molecule has 0 N–H and O–H groups in total. The van der Waals surface area contributed by atoms with Crippen LogP contribution < -0.4 is 0 Å². The average molecular weight is 307 g/mol. The molecule has 0 saturated heterocycles. The Labute approximate surface area is 125 Å². The molecule has 22 heavy (non-hydrogen) atoms. The van der Waals surface area contributed by atoms with Gasteiger partial charge in [-0.25, -0.2) is 0 Å². The van der Waals surface area contributed by atoms with E-state index in [1.807, 2.05) is 0 Å². The van der Waals surface area contributed by atoms with Gasteiger partial charge in [-0.15, -0.1) is 5.10 Å². The molecule has 7 heteroatoms. The fraction of sp³-hybridized carbons (Fsp3) is 0.133. The lowest BCUT2D eigenvalue weighted by Crippen LogP contribution is -2.04. The molecule has 0 aliphatic rings. The minimum atomic E-state index is -4.35. The van der Waals surface area contributed by atoms with Gasteiger partial charge in [0.2, 0.25) is 5.90 Å². The highest BCUT2D eigenvalue weighted by Crippen LogP contribution is 2.28. The number of aromatic nitrogens is 1. The number of hydrogen-bond donors (Lipinski definition) is 0. The molecule has 114 valence electrons. The van der Waals surface area contributed by atoms with Gasteiger partial charge in [-0.05, 0) is 29.8 Å². The second kappa shape index (κ2) is 6.84. The molecule has 2 aromatic rings. The Bertz CT molecular complexity index is 665. The maximum Gasteiger partial charge on any atom is 0.416 e. The second-order valence-electron chi connectivity index (χ2n) is 4.21. The van der Waals surface area contributed by atoms with Crippen LogP contribution >= 0.6 is 0 Å². The molecule has 0 bridgehead atoms. The quantitative estimate of drug-likeness (QED) is 0.495. The van der Waals surface area contributed by atoms with Crippen molar-refractivity contribution >= 4 is 12.1 Å². The van der Waals surface area contributed by atoms with Crippen LogP contribution in [0.2, 0.25) is 0 Å². The Balaban J connectivity index is 2.12. The number of nitrogens with zero attached hydrogens (tertiary/aromatic N) is 3. The molecule has 1 heterocycles. The van der Waals surface area contributed by atoms with Gasteiger partial charge < -0.3 is 4.74 Å². The van der Waals surface area contributed by atoms with Gasteiger partial charge in [-0.1, -0.05) is 12.1 Å². The van der Waals surface area contributed by atoms with Gasteiger partial charge in [0, 0.05) is 18.0 Å². The van der Waals surface area contributed by atoms with Crippen molar-refractivity contribution in [3.05, 3.63) is 65.5 Å². The number of benzene rings is 1. The summed E-state index contributed by atoms with van der Waals surface area (Å²) in [6.07, 6.45) is 0.172. The molecule has 0 aliphatic carbocycles. The number of pyridine rings is 1. The van der Waals surface area contributed by atoms with Crippen LogP contribution in [0.15, 0.2) is 59.0 Å². The van der Waals surface area contributed by atoms with Gasteiger partial charge in [0.05, 0.1) is 18.9 Å². The highest BCUT2D eigenvalue weighted by molar-refractivity contribution is 5.94. The minimum absolute atomic E-state index is 0.283. The lowest BCUT2D eigenvalue weighted by Gasteiger charge is -2.05. The molecule has 1 aromatic carbocycles. The van der Waals surface area contributed by atoms with Crippen LogP contribution in [0.3, 0.4) is 0 Å². The number of alkyl halides is 3.